The van der Waals surface area contributed by atoms with Crippen LogP contribution in [0.2, 0.25) is 0 Å². The summed E-state index contributed by atoms with van der Waals surface area (Å²) in [6, 6.07) is 0.00241. The van der Waals surface area contributed by atoms with Gasteiger partial charge in [0.05, 0.1) is 0 Å². The van der Waals surface area contributed by atoms with Crippen LogP contribution in [0.4, 0.5) is 0 Å². The number of nitrogens with one attached hydrogen (secondary N) is 1. The maximum Gasteiger partial charge on any atom is 0.320 e. The van der Waals surface area contributed by atoms with Crippen molar-refractivity contribution in [3.63, 3.8) is 0 Å². The van der Waals surface area contributed by atoms with Crippen LogP contribution in [0.5, 0.6) is 0 Å². The largest absolute Gasteiger partial charge is 0.480 e. The minimum Gasteiger partial charge on any atom is -0.480 e. The van der Waals surface area contributed by atoms with Crippen LogP contribution >= 0.6 is 0 Å². The van der Waals surface area contributed by atoms with Crippen LogP contribution in [0.25, 0.3) is 0 Å². The lowest BCUT2D eigenvalue weighted by Gasteiger charge is -2.18. The van der Waals surface area contributed by atoms with E-state index in [2.05, 4.69) is 17.5 Å². The number of hydrogen-bond acceptors (Lipinski definition) is 2. The zero-order chi connectivity index (χ0) is 8.55. The summed E-state index contributed by atoms with van der Waals surface area (Å²) < 4.78 is 0. The molecule has 0 amide bonds. The Morgan fingerprint density at radius 2 is 2.42 bits per heavy atom. The number of rotatable bonds is 1. The van der Waals surface area contributed by atoms with Crippen molar-refractivity contribution in [2.75, 3.05) is 0 Å². The maximum absolute atomic E-state index is 10.7. The summed E-state index contributed by atoms with van der Waals surface area (Å²) in [7, 11) is 0. The topological polar surface area (TPSA) is 49.3 Å². The Morgan fingerprint density at radius 1 is 1.58 bits per heavy atom. The first-order valence-corrected chi connectivity index (χ1v) is 4.43. The molecular formula is C9H13NO2. The Morgan fingerprint density at radius 3 is 3.08 bits per heavy atom. The van der Waals surface area contributed by atoms with E-state index in [9.17, 15) is 4.79 Å². The van der Waals surface area contributed by atoms with E-state index in [1.54, 1.807) is 0 Å². The number of aliphatic carboxylic acids is 1. The molecule has 3 atom stereocenters. The molecule has 0 spiro atoms. The van der Waals surface area contributed by atoms with Crippen molar-refractivity contribution in [3.05, 3.63) is 12.2 Å². The Kier molecular flexibility index (Phi) is 1.89. The molecule has 0 aromatic carbocycles. The molecule has 1 aliphatic carbocycles. The molecule has 0 unspecified atom stereocenters. The molecule has 2 rings (SSSR count). The average Bonchev–Trinajstić information content (AvgIpc) is 2.46. The zero-order valence-electron chi connectivity index (χ0n) is 6.86. The SMILES string of the molecule is O=C(O)[C@@H]1C[C@H]2CCC=C[C@H]2N1. The van der Waals surface area contributed by atoms with E-state index in [0.29, 0.717) is 12.0 Å². The molecule has 2 aliphatic rings. The smallest absolute Gasteiger partial charge is 0.320 e. The molecule has 66 valence electrons. The fourth-order valence-corrected chi connectivity index (χ4v) is 2.12. The lowest BCUT2D eigenvalue weighted by Crippen LogP contribution is -2.35. The van der Waals surface area contributed by atoms with Crippen LogP contribution in [0.15, 0.2) is 12.2 Å². The van der Waals surface area contributed by atoms with E-state index < -0.39 is 5.97 Å². The molecule has 1 saturated heterocycles. The van der Waals surface area contributed by atoms with Crippen molar-refractivity contribution in [2.45, 2.75) is 31.3 Å². The second kappa shape index (κ2) is 2.90. The quantitative estimate of drug-likeness (QED) is 0.567. The molecular weight excluding hydrogens is 154 g/mol. The van der Waals surface area contributed by atoms with Crippen molar-refractivity contribution < 1.29 is 9.90 Å². The second-order valence-electron chi connectivity index (χ2n) is 3.58. The molecule has 0 saturated carbocycles. The predicted octanol–water partition coefficient (Wildman–Crippen LogP) is 0.768. The van der Waals surface area contributed by atoms with Crippen LogP contribution in [0, 0.1) is 5.92 Å². The van der Waals surface area contributed by atoms with Gasteiger partial charge in [-0.2, -0.15) is 0 Å². The highest BCUT2D eigenvalue weighted by atomic mass is 16.4. The van der Waals surface area contributed by atoms with Crippen LogP contribution < -0.4 is 5.32 Å². The van der Waals surface area contributed by atoms with Crippen molar-refractivity contribution in [1.29, 1.82) is 0 Å². The van der Waals surface area contributed by atoms with Gasteiger partial charge in [-0.05, 0) is 25.2 Å². The third-order valence-electron chi connectivity index (χ3n) is 2.79. The highest BCUT2D eigenvalue weighted by Crippen LogP contribution is 2.29. The van der Waals surface area contributed by atoms with Gasteiger partial charge in [0.2, 0.25) is 0 Å². The maximum atomic E-state index is 10.7. The van der Waals surface area contributed by atoms with E-state index in [1.807, 2.05) is 0 Å². The molecule has 3 nitrogen and oxygen atoms in total. The van der Waals surface area contributed by atoms with Crippen LogP contribution in [-0.4, -0.2) is 23.2 Å². The zero-order valence-corrected chi connectivity index (χ0v) is 6.86. The molecule has 0 bridgehead atoms. The Bertz CT molecular complexity index is 225. The average molecular weight is 167 g/mol. The third kappa shape index (κ3) is 1.25. The van der Waals surface area contributed by atoms with Crippen molar-refractivity contribution in [3.8, 4) is 0 Å². The summed E-state index contributed by atoms with van der Waals surface area (Å²) in [4.78, 5) is 10.7. The van der Waals surface area contributed by atoms with Crippen LogP contribution in [0.3, 0.4) is 0 Å². The van der Waals surface area contributed by atoms with Gasteiger partial charge >= 0.3 is 5.97 Å². The van der Waals surface area contributed by atoms with Gasteiger partial charge in [-0.25, -0.2) is 0 Å². The molecule has 1 aliphatic heterocycles. The van der Waals surface area contributed by atoms with Gasteiger partial charge in [-0.3, -0.25) is 10.1 Å². The Balaban J connectivity index is 2.05. The molecule has 0 aromatic heterocycles. The Hall–Kier alpha value is -0.830. The highest BCUT2D eigenvalue weighted by Gasteiger charge is 2.36. The molecule has 1 fully saturated rings. The number of allylic oxidation sites excluding steroid dienone is 1. The first-order valence-electron chi connectivity index (χ1n) is 4.43. The first kappa shape index (κ1) is 7.80. The minimum atomic E-state index is -0.710. The highest BCUT2D eigenvalue weighted by molar-refractivity contribution is 5.74. The van der Waals surface area contributed by atoms with Gasteiger partial charge in [0.1, 0.15) is 6.04 Å². The standard InChI is InChI=1S/C9H13NO2/c11-9(12)8-5-6-3-1-2-4-7(6)10-8/h2,4,6-8,10H,1,3,5H2,(H,11,12)/t6-,7-,8+/m1/s1. The molecule has 12 heavy (non-hydrogen) atoms. The van der Waals surface area contributed by atoms with Gasteiger partial charge in [-0.15, -0.1) is 0 Å². The monoisotopic (exact) mass is 167 g/mol. The third-order valence-corrected chi connectivity index (χ3v) is 2.79. The predicted molar refractivity (Wildman–Crippen MR) is 44.8 cm³/mol. The summed E-state index contributed by atoms with van der Waals surface area (Å²) >= 11 is 0. The normalized spacial score (nSPS) is 39.5. The summed E-state index contributed by atoms with van der Waals surface area (Å²) in [5.74, 6) is -0.158. The second-order valence-corrected chi connectivity index (χ2v) is 3.58. The van der Waals surface area contributed by atoms with Crippen molar-refractivity contribution in [1.82, 2.24) is 5.32 Å². The lowest BCUT2D eigenvalue weighted by molar-refractivity contribution is -0.139. The van der Waals surface area contributed by atoms with Gasteiger partial charge in [-0.1, -0.05) is 12.2 Å². The van der Waals surface area contributed by atoms with Gasteiger partial charge in [0.25, 0.3) is 0 Å². The van der Waals surface area contributed by atoms with Crippen LogP contribution in [-0.2, 0) is 4.79 Å². The van der Waals surface area contributed by atoms with E-state index >= 15 is 0 Å². The van der Waals surface area contributed by atoms with Crippen molar-refractivity contribution >= 4 is 5.97 Å². The van der Waals surface area contributed by atoms with E-state index in [4.69, 9.17) is 5.11 Å². The number of carboxylic acid groups (broad SMARTS) is 1. The molecule has 0 radical (unpaired) electrons. The molecule has 1 heterocycles. The molecule has 2 N–H and O–H groups in total. The van der Waals surface area contributed by atoms with Gasteiger partial charge in [0, 0.05) is 6.04 Å². The summed E-state index contributed by atoms with van der Waals surface area (Å²) in [6.45, 7) is 0. The number of hydrogen-bond donors (Lipinski definition) is 2. The van der Waals surface area contributed by atoms with E-state index in [1.165, 1.54) is 0 Å². The fourth-order valence-electron chi connectivity index (χ4n) is 2.12. The Labute approximate surface area is 71.5 Å². The van der Waals surface area contributed by atoms with E-state index in [-0.39, 0.29) is 6.04 Å². The summed E-state index contributed by atoms with van der Waals surface area (Å²) in [6.07, 6.45) is 7.28. The number of carbonyl (C=O) groups is 1. The lowest BCUT2D eigenvalue weighted by atomic mass is 9.90. The first-order chi connectivity index (χ1) is 5.77. The summed E-state index contributed by atoms with van der Waals surface area (Å²) in [5, 5.41) is 11.9. The number of fused-ring (bicyclic) bond motifs is 1. The van der Waals surface area contributed by atoms with E-state index in [0.717, 1.165) is 19.3 Å². The van der Waals surface area contributed by atoms with Crippen LogP contribution in [0.1, 0.15) is 19.3 Å². The van der Waals surface area contributed by atoms with Crippen molar-refractivity contribution in [2.24, 2.45) is 5.92 Å². The number of carboxylic acids is 1. The molecule has 3 heteroatoms. The minimum absolute atomic E-state index is 0.317. The van der Waals surface area contributed by atoms with Gasteiger partial charge < -0.3 is 5.11 Å². The fraction of sp³-hybridized carbons (Fsp3) is 0.667. The summed E-state index contributed by atoms with van der Waals surface area (Å²) in [5.41, 5.74) is 0. The van der Waals surface area contributed by atoms with Gasteiger partial charge in [0.15, 0.2) is 0 Å². The molecule has 0 aromatic rings.